The summed E-state index contributed by atoms with van der Waals surface area (Å²) in [5.74, 6) is 1.68. The first-order valence-corrected chi connectivity index (χ1v) is 7.79. The number of hydrogen-bond donors (Lipinski definition) is 1. The minimum atomic E-state index is 0.473. The van der Waals surface area contributed by atoms with E-state index in [1.54, 1.807) is 13.4 Å². The summed E-state index contributed by atoms with van der Waals surface area (Å²) in [7, 11) is 1.79. The van der Waals surface area contributed by atoms with Crippen molar-refractivity contribution in [1.82, 2.24) is 29.7 Å². The van der Waals surface area contributed by atoms with Gasteiger partial charge in [-0.15, -0.1) is 0 Å². The van der Waals surface area contributed by atoms with Crippen molar-refractivity contribution in [2.45, 2.75) is 24.3 Å². The predicted molar refractivity (Wildman–Crippen MR) is 83.0 cm³/mol. The average molecular weight is 306 g/mol. The lowest BCUT2D eigenvalue weighted by molar-refractivity contribution is 0.694. The third kappa shape index (κ3) is 3.07. The summed E-state index contributed by atoms with van der Waals surface area (Å²) in [6, 6.07) is 0. The summed E-state index contributed by atoms with van der Waals surface area (Å²) >= 11 is 2.00. The van der Waals surface area contributed by atoms with Crippen molar-refractivity contribution in [3.05, 3.63) is 12.7 Å². The van der Waals surface area contributed by atoms with E-state index in [4.69, 9.17) is 0 Å². The average Bonchev–Trinajstić information content (AvgIpc) is 3.00. The number of rotatable bonds is 3. The van der Waals surface area contributed by atoms with E-state index < -0.39 is 0 Å². The Balaban J connectivity index is 1.96. The SMILES string of the molecule is CNc1nc(N2CC(C)SC(C)C2)nc(-n2cncn2)n1. The van der Waals surface area contributed by atoms with Crippen LogP contribution in [0.15, 0.2) is 12.7 Å². The van der Waals surface area contributed by atoms with Gasteiger partial charge in [-0.3, -0.25) is 0 Å². The van der Waals surface area contributed by atoms with Crippen molar-refractivity contribution in [3.8, 4) is 5.95 Å². The molecule has 0 amide bonds. The van der Waals surface area contributed by atoms with Crippen LogP contribution in [-0.2, 0) is 0 Å². The van der Waals surface area contributed by atoms with Crippen LogP contribution in [0.3, 0.4) is 0 Å². The highest BCUT2D eigenvalue weighted by Gasteiger charge is 2.25. The van der Waals surface area contributed by atoms with Crippen LogP contribution in [0, 0.1) is 0 Å². The van der Waals surface area contributed by atoms with E-state index >= 15 is 0 Å². The Morgan fingerprint density at radius 3 is 2.48 bits per heavy atom. The second-order valence-electron chi connectivity index (χ2n) is 5.01. The maximum Gasteiger partial charge on any atom is 0.258 e. The smallest absolute Gasteiger partial charge is 0.258 e. The normalized spacial score (nSPS) is 22.3. The first-order chi connectivity index (χ1) is 10.2. The lowest BCUT2D eigenvalue weighted by Gasteiger charge is -2.34. The van der Waals surface area contributed by atoms with Crippen molar-refractivity contribution in [2.75, 3.05) is 30.4 Å². The van der Waals surface area contributed by atoms with Gasteiger partial charge in [-0.25, -0.2) is 4.98 Å². The van der Waals surface area contributed by atoms with Gasteiger partial charge >= 0.3 is 0 Å². The zero-order chi connectivity index (χ0) is 14.8. The van der Waals surface area contributed by atoms with Gasteiger partial charge in [0.05, 0.1) is 0 Å². The summed E-state index contributed by atoms with van der Waals surface area (Å²) in [6.07, 6.45) is 3.04. The molecule has 8 nitrogen and oxygen atoms in total. The Labute approximate surface area is 127 Å². The van der Waals surface area contributed by atoms with Gasteiger partial charge in [0.25, 0.3) is 5.95 Å². The molecule has 1 N–H and O–H groups in total. The van der Waals surface area contributed by atoms with Crippen LogP contribution in [0.5, 0.6) is 0 Å². The fraction of sp³-hybridized carbons (Fsp3) is 0.583. The van der Waals surface area contributed by atoms with Gasteiger partial charge in [-0.2, -0.15) is 36.5 Å². The molecule has 1 saturated heterocycles. The molecule has 2 unspecified atom stereocenters. The van der Waals surface area contributed by atoms with Crippen LogP contribution in [0.1, 0.15) is 13.8 Å². The minimum Gasteiger partial charge on any atom is -0.357 e. The fourth-order valence-electron chi connectivity index (χ4n) is 2.36. The molecule has 21 heavy (non-hydrogen) atoms. The molecule has 0 spiro atoms. The van der Waals surface area contributed by atoms with E-state index in [0.29, 0.717) is 28.3 Å². The van der Waals surface area contributed by atoms with Gasteiger partial charge in [0, 0.05) is 30.6 Å². The number of aromatic nitrogens is 6. The highest BCUT2D eigenvalue weighted by atomic mass is 32.2. The monoisotopic (exact) mass is 306 g/mol. The van der Waals surface area contributed by atoms with Gasteiger partial charge in [0.15, 0.2) is 0 Å². The molecule has 9 heteroatoms. The van der Waals surface area contributed by atoms with E-state index in [2.05, 4.69) is 49.1 Å². The third-order valence-electron chi connectivity index (χ3n) is 3.16. The molecule has 1 fully saturated rings. The standard InChI is InChI=1S/C12H18N8S/c1-8-4-19(5-9(2)21-8)11-16-10(13-3)17-12(18-11)20-7-14-6-15-20/h6-9H,4-5H2,1-3H3,(H,13,16,17,18). The van der Waals surface area contributed by atoms with E-state index in [0.717, 1.165) is 13.1 Å². The van der Waals surface area contributed by atoms with Crippen molar-refractivity contribution < 1.29 is 0 Å². The quantitative estimate of drug-likeness (QED) is 0.892. The lowest BCUT2D eigenvalue weighted by Crippen LogP contribution is -2.41. The zero-order valence-electron chi connectivity index (χ0n) is 12.3. The van der Waals surface area contributed by atoms with Crippen LogP contribution in [-0.4, -0.2) is 60.4 Å². The Bertz CT molecular complexity index is 591. The highest BCUT2D eigenvalue weighted by Crippen LogP contribution is 2.27. The van der Waals surface area contributed by atoms with Crippen LogP contribution in [0.2, 0.25) is 0 Å². The first kappa shape index (κ1) is 14.1. The van der Waals surface area contributed by atoms with Crippen LogP contribution < -0.4 is 10.2 Å². The Hall–Kier alpha value is -1.90. The van der Waals surface area contributed by atoms with Crippen molar-refractivity contribution in [1.29, 1.82) is 0 Å². The zero-order valence-corrected chi connectivity index (χ0v) is 13.1. The molecule has 0 radical (unpaired) electrons. The molecule has 3 heterocycles. The minimum absolute atomic E-state index is 0.473. The van der Waals surface area contributed by atoms with Crippen molar-refractivity contribution >= 4 is 23.7 Å². The van der Waals surface area contributed by atoms with E-state index in [-0.39, 0.29) is 0 Å². The topological polar surface area (TPSA) is 84.7 Å². The second-order valence-corrected chi connectivity index (χ2v) is 6.89. The summed E-state index contributed by atoms with van der Waals surface area (Å²) in [6.45, 7) is 6.32. The molecule has 1 aliphatic heterocycles. The van der Waals surface area contributed by atoms with E-state index in [1.807, 2.05) is 11.8 Å². The van der Waals surface area contributed by atoms with E-state index in [1.165, 1.54) is 11.0 Å². The van der Waals surface area contributed by atoms with Crippen LogP contribution >= 0.6 is 11.8 Å². The molecule has 0 saturated carbocycles. The molecule has 2 atom stereocenters. The maximum absolute atomic E-state index is 4.53. The van der Waals surface area contributed by atoms with Crippen molar-refractivity contribution in [2.24, 2.45) is 0 Å². The molecule has 0 aliphatic carbocycles. The van der Waals surface area contributed by atoms with Gasteiger partial charge in [0.1, 0.15) is 12.7 Å². The molecular formula is C12H18N8S. The summed E-state index contributed by atoms with van der Waals surface area (Å²) in [4.78, 5) is 19.5. The summed E-state index contributed by atoms with van der Waals surface area (Å²) in [5, 5.41) is 8.16. The van der Waals surface area contributed by atoms with Crippen LogP contribution in [0.25, 0.3) is 5.95 Å². The Kier molecular flexibility index (Phi) is 3.91. The number of hydrogen-bond acceptors (Lipinski definition) is 8. The van der Waals surface area contributed by atoms with E-state index in [9.17, 15) is 0 Å². The third-order valence-corrected chi connectivity index (χ3v) is 4.39. The number of thioether (sulfide) groups is 1. The lowest BCUT2D eigenvalue weighted by atomic mass is 10.3. The maximum atomic E-state index is 4.53. The largest absolute Gasteiger partial charge is 0.357 e. The number of anilines is 2. The van der Waals surface area contributed by atoms with Gasteiger partial charge in [-0.1, -0.05) is 13.8 Å². The summed E-state index contributed by atoms with van der Waals surface area (Å²) < 4.78 is 1.54. The molecule has 0 bridgehead atoms. The number of nitrogens with zero attached hydrogens (tertiary/aromatic N) is 7. The van der Waals surface area contributed by atoms with Gasteiger partial charge < -0.3 is 10.2 Å². The summed E-state index contributed by atoms with van der Waals surface area (Å²) in [5.41, 5.74) is 0. The molecule has 1 aliphatic rings. The van der Waals surface area contributed by atoms with Crippen molar-refractivity contribution in [3.63, 3.8) is 0 Å². The van der Waals surface area contributed by atoms with Crippen LogP contribution in [0.4, 0.5) is 11.9 Å². The first-order valence-electron chi connectivity index (χ1n) is 6.85. The number of nitrogens with one attached hydrogen (secondary N) is 1. The Morgan fingerprint density at radius 2 is 1.86 bits per heavy atom. The molecule has 2 aromatic heterocycles. The highest BCUT2D eigenvalue weighted by molar-refractivity contribution is 8.00. The van der Waals surface area contributed by atoms with Gasteiger partial charge in [0.2, 0.25) is 11.9 Å². The molecular weight excluding hydrogens is 288 g/mol. The fourth-order valence-corrected chi connectivity index (χ4v) is 3.69. The predicted octanol–water partition coefficient (Wildman–Crippen LogP) is 0.824. The Morgan fingerprint density at radius 1 is 1.14 bits per heavy atom. The molecule has 112 valence electrons. The molecule has 2 aromatic rings. The molecule has 0 aromatic carbocycles. The second kappa shape index (κ2) is 5.84. The van der Waals surface area contributed by atoms with Gasteiger partial charge in [-0.05, 0) is 0 Å². The molecule has 3 rings (SSSR count).